The van der Waals surface area contributed by atoms with Crippen LogP contribution >= 0.6 is 0 Å². The van der Waals surface area contributed by atoms with Crippen LogP contribution in [0.3, 0.4) is 0 Å². The first kappa shape index (κ1) is 23.0. The standard InChI is InChI=1S/C23H29N3O4S/c1-18(27)19-8-10-22(11-9-19)31(29,30)26-16-12-20(13-17-26)23(28)25-15-5-14-24-21-6-3-2-4-7-21/h2-4,6-11,20,24H,5,12-17H2,1H3,(H,25,28). The Morgan fingerprint density at radius 1 is 0.968 bits per heavy atom. The first-order valence-corrected chi connectivity index (χ1v) is 12.0. The molecule has 1 amide bonds. The molecule has 0 spiro atoms. The second-order valence-corrected chi connectivity index (χ2v) is 9.63. The van der Waals surface area contributed by atoms with Crippen molar-refractivity contribution in [1.82, 2.24) is 9.62 Å². The van der Waals surface area contributed by atoms with Gasteiger partial charge in [-0.3, -0.25) is 9.59 Å². The van der Waals surface area contributed by atoms with E-state index in [1.165, 1.54) is 35.5 Å². The van der Waals surface area contributed by atoms with Crippen molar-refractivity contribution >= 4 is 27.4 Å². The van der Waals surface area contributed by atoms with E-state index in [-0.39, 0.29) is 22.5 Å². The fourth-order valence-corrected chi connectivity index (χ4v) is 5.07. The SMILES string of the molecule is CC(=O)c1ccc(S(=O)(=O)N2CCC(C(=O)NCCCNc3ccccc3)CC2)cc1. The molecule has 31 heavy (non-hydrogen) atoms. The van der Waals surface area contributed by atoms with Crippen molar-refractivity contribution in [3.8, 4) is 0 Å². The number of benzene rings is 2. The molecule has 1 heterocycles. The molecule has 166 valence electrons. The smallest absolute Gasteiger partial charge is 0.243 e. The number of nitrogens with zero attached hydrogens (tertiary/aromatic N) is 1. The highest BCUT2D eigenvalue weighted by molar-refractivity contribution is 7.89. The minimum Gasteiger partial charge on any atom is -0.385 e. The molecule has 0 atom stereocenters. The molecule has 1 fully saturated rings. The Hall–Kier alpha value is -2.71. The number of hydrogen-bond donors (Lipinski definition) is 2. The molecule has 0 saturated carbocycles. The molecule has 3 rings (SSSR count). The Labute approximate surface area is 183 Å². The lowest BCUT2D eigenvalue weighted by Crippen LogP contribution is -2.43. The summed E-state index contributed by atoms with van der Waals surface area (Å²) in [5, 5.41) is 6.26. The van der Waals surface area contributed by atoms with Crippen LogP contribution in [-0.4, -0.2) is 50.6 Å². The minimum atomic E-state index is -3.62. The van der Waals surface area contributed by atoms with Crippen LogP contribution in [0.2, 0.25) is 0 Å². The zero-order valence-corrected chi connectivity index (χ0v) is 18.5. The highest BCUT2D eigenvalue weighted by Crippen LogP contribution is 2.24. The van der Waals surface area contributed by atoms with E-state index in [4.69, 9.17) is 0 Å². The summed E-state index contributed by atoms with van der Waals surface area (Å²) in [7, 11) is -3.62. The molecule has 1 aliphatic heterocycles. The van der Waals surface area contributed by atoms with Crippen LogP contribution < -0.4 is 10.6 Å². The van der Waals surface area contributed by atoms with Gasteiger partial charge in [0.05, 0.1) is 4.90 Å². The van der Waals surface area contributed by atoms with Gasteiger partial charge in [-0.2, -0.15) is 4.31 Å². The lowest BCUT2D eigenvalue weighted by atomic mass is 9.97. The average Bonchev–Trinajstić information content (AvgIpc) is 2.79. The number of piperidine rings is 1. The van der Waals surface area contributed by atoms with Gasteiger partial charge in [0, 0.05) is 43.3 Å². The fraction of sp³-hybridized carbons (Fsp3) is 0.391. The van der Waals surface area contributed by atoms with Crippen molar-refractivity contribution in [2.75, 3.05) is 31.5 Å². The van der Waals surface area contributed by atoms with Crippen molar-refractivity contribution in [3.05, 3.63) is 60.2 Å². The zero-order chi connectivity index (χ0) is 22.3. The van der Waals surface area contributed by atoms with E-state index in [1.807, 2.05) is 30.3 Å². The third kappa shape index (κ3) is 6.15. The molecular formula is C23H29N3O4S. The van der Waals surface area contributed by atoms with E-state index < -0.39 is 10.0 Å². The van der Waals surface area contributed by atoms with Gasteiger partial charge in [0.1, 0.15) is 0 Å². The monoisotopic (exact) mass is 443 g/mol. The number of nitrogens with one attached hydrogen (secondary N) is 2. The van der Waals surface area contributed by atoms with Crippen molar-refractivity contribution in [2.45, 2.75) is 31.1 Å². The van der Waals surface area contributed by atoms with Gasteiger partial charge in [-0.1, -0.05) is 30.3 Å². The molecule has 0 unspecified atom stereocenters. The highest BCUT2D eigenvalue weighted by Gasteiger charge is 2.32. The topological polar surface area (TPSA) is 95.6 Å². The van der Waals surface area contributed by atoms with Crippen molar-refractivity contribution in [1.29, 1.82) is 0 Å². The molecule has 2 aromatic rings. The Bertz CT molecular complexity index is 983. The van der Waals surface area contributed by atoms with E-state index in [2.05, 4.69) is 10.6 Å². The summed E-state index contributed by atoms with van der Waals surface area (Å²) >= 11 is 0. The fourth-order valence-electron chi connectivity index (χ4n) is 3.60. The van der Waals surface area contributed by atoms with Crippen molar-refractivity contribution in [3.63, 3.8) is 0 Å². The molecule has 7 nitrogen and oxygen atoms in total. The number of carbonyl (C=O) groups is 2. The second kappa shape index (κ2) is 10.5. The Balaban J connectivity index is 1.42. The first-order valence-electron chi connectivity index (χ1n) is 10.6. The van der Waals surface area contributed by atoms with Crippen molar-refractivity contribution < 1.29 is 18.0 Å². The van der Waals surface area contributed by atoms with Crippen LogP contribution in [0.4, 0.5) is 5.69 Å². The lowest BCUT2D eigenvalue weighted by Gasteiger charge is -2.30. The number of sulfonamides is 1. The number of Topliss-reactive ketones (excluding diaryl/α,β-unsaturated/α-hetero) is 1. The van der Waals surface area contributed by atoms with Gasteiger partial charge in [0.25, 0.3) is 0 Å². The number of anilines is 1. The maximum absolute atomic E-state index is 12.8. The second-order valence-electron chi connectivity index (χ2n) is 7.70. The lowest BCUT2D eigenvalue weighted by molar-refractivity contribution is -0.126. The third-order valence-corrected chi connectivity index (χ3v) is 7.39. The van der Waals surface area contributed by atoms with Gasteiger partial charge in [-0.15, -0.1) is 0 Å². The summed E-state index contributed by atoms with van der Waals surface area (Å²) in [6.45, 7) is 3.41. The number of para-hydroxylation sites is 1. The highest BCUT2D eigenvalue weighted by atomic mass is 32.2. The molecule has 1 aliphatic rings. The summed E-state index contributed by atoms with van der Waals surface area (Å²) < 4.78 is 27.1. The van der Waals surface area contributed by atoms with Gasteiger partial charge in [-0.25, -0.2) is 8.42 Å². The van der Waals surface area contributed by atoms with Crippen LogP contribution in [0, 0.1) is 5.92 Å². The predicted octanol–water partition coefficient (Wildman–Crippen LogP) is 2.91. The average molecular weight is 444 g/mol. The largest absolute Gasteiger partial charge is 0.385 e. The van der Waals surface area contributed by atoms with Crippen LogP contribution in [0.25, 0.3) is 0 Å². The van der Waals surface area contributed by atoms with Gasteiger partial charge in [0.15, 0.2) is 5.78 Å². The van der Waals surface area contributed by atoms with Gasteiger partial charge >= 0.3 is 0 Å². The molecule has 0 radical (unpaired) electrons. The number of amides is 1. The molecular weight excluding hydrogens is 414 g/mol. The number of carbonyl (C=O) groups excluding carboxylic acids is 2. The Morgan fingerprint density at radius 2 is 1.61 bits per heavy atom. The normalized spacial score (nSPS) is 15.4. The quantitative estimate of drug-likeness (QED) is 0.459. The van der Waals surface area contributed by atoms with Gasteiger partial charge in [0.2, 0.25) is 15.9 Å². The minimum absolute atomic E-state index is 0.0115. The van der Waals surface area contributed by atoms with Gasteiger partial charge < -0.3 is 10.6 Å². The summed E-state index contributed by atoms with van der Waals surface area (Å²) in [6.07, 6.45) is 1.81. The van der Waals surface area contributed by atoms with E-state index in [0.29, 0.717) is 38.0 Å². The number of ketones is 1. The van der Waals surface area contributed by atoms with E-state index in [9.17, 15) is 18.0 Å². The van der Waals surface area contributed by atoms with Crippen LogP contribution in [0.15, 0.2) is 59.5 Å². The molecule has 1 saturated heterocycles. The third-order valence-electron chi connectivity index (χ3n) is 5.48. The van der Waals surface area contributed by atoms with Crippen LogP contribution in [-0.2, 0) is 14.8 Å². The Morgan fingerprint density at radius 3 is 2.23 bits per heavy atom. The zero-order valence-electron chi connectivity index (χ0n) is 17.7. The van der Waals surface area contributed by atoms with Crippen LogP contribution in [0.1, 0.15) is 36.5 Å². The predicted molar refractivity (Wildman–Crippen MR) is 120 cm³/mol. The maximum Gasteiger partial charge on any atom is 0.243 e. The van der Waals surface area contributed by atoms with E-state index >= 15 is 0 Å². The van der Waals surface area contributed by atoms with Crippen molar-refractivity contribution in [2.24, 2.45) is 5.92 Å². The van der Waals surface area contributed by atoms with Crippen LogP contribution in [0.5, 0.6) is 0 Å². The number of hydrogen-bond acceptors (Lipinski definition) is 5. The Kier molecular flexibility index (Phi) is 7.81. The summed E-state index contributed by atoms with van der Waals surface area (Å²) in [5.74, 6) is -0.289. The molecule has 0 aromatic heterocycles. The first-order chi connectivity index (χ1) is 14.9. The molecule has 0 bridgehead atoms. The van der Waals surface area contributed by atoms with E-state index in [0.717, 1.165) is 18.7 Å². The molecule has 2 N–H and O–H groups in total. The van der Waals surface area contributed by atoms with E-state index in [1.54, 1.807) is 0 Å². The molecule has 8 heteroatoms. The molecule has 2 aromatic carbocycles. The number of rotatable bonds is 9. The summed E-state index contributed by atoms with van der Waals surface area (Å²) in [4.78, 5) is 24.0. The maximum atomic E-state index is 12.8. The summed E-state index contributed by atoms with van der Waals surface area (Å²) in [6, 6.07) is 15.9. The van der Waals surface area contributed by atoms with Gasteiger partial charge in [-0.05, 0) is 50.5 Å². The molecule has 0 aliphatic carbocycles. The summed E-state index contributed by atoms with van der Waals surface area (Å²) in [5.41, 5.74) is 1.53.